The van der Waals surface area contributed by atoms with Gasteiger partial charge in [0.2, 0.25) is 0 Å². The molecule has 3 aromatic rings. The molecule has 3 fully saturated rings. The normalized spacial score (nSPS) is 25.4. The fourth-order valence-corrected chi connectivity index (χ4v) is 5.63. The molecular formula is C26H33FN6O4. The third-order valence-corrected chi connectivity index (χ3v) is 7.81. The van der Waals surface area contributed by atoms with Crippen molar-refractivity contribution in [3.8, 4) is 11.8 Å². The lowest BCUT2D eigenvalue weighted by atomic mass is 9.84. The number of rotatable bonds is 6. The van der Waals surface area contributed by atoms with Crippen LogP contribution in [0.15, 0.2) is 24.4 Å². The summed E-state index contributed by atoms with van der Waals surface area (Å²) in [6, 6.07) is 6.60. The van der Waals surface area contributed by atoms with Crippen molar-refractivity contribution in [3.05, 3.63) is 35.5 Å². The first-order valence-electron chi connectivity index (χ1n) is 12.9. The summed E-state index contributed by atoms with van der Waals surface area (Å²) in [5.74, 6) is 1.08. The van der Waals surface area contributed by atoms with Crippen LogP contribution in [0.4, 0.5) is 10.2 Å². The highest BCUT2D eigenvalue weighted by molar-refractivity contribution is 5.82. The second kappa shape index (κ2) is 10.1. The molecule has 2 unspecified atom stereocenters. The first-order valence-corrected chi connectivity index (χ1v) is 12.9. The largest absolute Gasteiger partial charge is 0.467 e. The predicted molar refractivity (Wildman–Crippen MR) is 135 cm³/mol. The third-order valence-electron chi connectivity index (χ3n) is 7.81. The fourth-order valence-electron chi connectivity index (χ4n) is 5.63. The van der Waals surface area contributed by atoms with E-state index in [1.807, 2.05) is 24.1 Å². The highest BCUT2D eigenvalue weighted by Crippen LogP contribution is 2.36. The summed E-state index contributed by atoms with van der Waals surface area (Å²) in [6.45, 7) is 6.37. The highest BCUT2D eigenvalue weighted by Gasteiger charge is 2.36. The lowest BCUT2D eigenvalue weighted by Gasteiger charge is -2.43. The Morgan fingerprint density at radius 1 is 1.14 bits per heavy atom. The van der Waals surface area contributed by atoms with Gasteiger partial charge in [-0.2, -0.15) is 15.1 Å². The van der Waals surface area contributed by atoms with Crippen molar-refractivity contribution in [1.29, 1.82) is 0 Å². The zero-order valence-corrected chi connectivity index (χ0v) is 21.2. The van der Waals surface area contributed by atoms with E-state index in [-0.39, 0.29) is 24.6 Å². The van der Waals surface area contributed by atoms with Crippen molar-refractivity contribution in [2.75, 3.05) is 64.6 Å². The van der Waals surface area contributed by atoms with E-state index < -0.39 is 6.17 Å². The molecule has 37 heavy (non-hydrogen) atoms. The molecule has 198 valence electrons. The summed E-state index contributed by atoms with van der Waals surface area (Å²) in [7, 11) is 1.53. The van der Waals surface area contributed by atoms with Crippen LogP contribution in [0.25, 0.3) is 16.7 Å². The third kappa shape index (κ3) is 4.65. The Labute approximate surface area is 214 Å². The Balaban J connectivity index is 1.33. The van der Waals surface area contributed by atoms with Gasteiger partial charge in [0.1, 0.15) is 12.0 Å². The van der Waals surface area contributed by atoms with Crippen LogP contribution in [-0.4, -0.2) is 108 Å². The summed E-state index contributed by atoms with van der Waals surface area (Å²) in [5, 5.41) is 15.1. The minimum atomic E-state index is -0.937. The Morgan fingerprint density at radius 2 is 1.97 bits per heavy atom. The van der Waals surface area contributed by atoms with Crippen LogP contribution < -0.4 is 9.64 Å². The van der Waals surface area contributed by atoms with Crippen LogP contribution in [0.5, 0.6) is 6.01 Å². The standard InChI is InChI=1S/C26H33FN6O4/c1-16-7-17-10-28-33(23(17)8-21(16)20-3-4-31(12-22(20)27)18-14-36-15-18)25-9-24(29-26(30-25)35-2)32-5-6-37-19(11-32)13-34/h7-10,18-20,22,34H,3-6,11-15H2,1-2H3/t19?,20?,22-/m1/s1. The Kier molecular flexibility index (Phi) is 6.70. The molecule has 0 aliphatic carbocycles. The molecule has 5 heterocycles. The molecule has 3 saturated heterocycles. The summed E-state index contributed by atoms with van der Waals surface area (Å²) in [6.07, 6.45) is 1.37. The molecule has 6 rings (SSSR count). The van der Waals surface area contributed by atoms with Crippen molar-refractivity contribution in [1.82, 2.24) is 24.6 Å². The monoisotopic (exact) mass is 512 g/mol. The molecule has 2 aromatic heterocycles. The van der Waals surface area contributed by atoms with Gasteiger partial charge in [-0.15, -0.1) is 0 Å². The fraction of sp³-hybridized carbons (Fsp3) is 0.577. The zero-order valence-electron chi connectivity index (χ0n) is 21.2. The van der Waals surface area contributed by atoms with Crippen LogP contribution >= 0.6 is 0 Å². The number of alkyl halides is 1. The second-order valence-electron chi connectivity index (χ2n) is 10.1. The molecule has 1 aromatic carbocycles. The number of halogens is 1. The van der Waals surface area contributed by atoms with E-state index in [2.05, 4.69) is 32.1 Å². The van der Waals surface area contributed by atoms with E-state index in [0.29, 0.717) is 57.1 Å². The maximum atomic E-state index is 15.5. The SMILES string of the molecule is COc1nc(N2CCOC(CO)C2)cc(-n2ncc3cc(C)c(C4CCN(C5COC5)C[C@H]4F)cc32)n1. The molecule has 0 amide bonds. The number of methoxy groups -OCH3 is 1. The van der Waals surface area contributed by atoms with Crippen LogP contribution in [0.2, 0.25) is 0 Å². The van der Waals surface area contributed by atoms with Gasteiger partial charge in [0.05, 0.1) is 57.4 Å². The topological polar surface area (TPSA) is 98.0 Å². The molecule has 3 aliphatic rings. The summed E-state index contributed by atoms with van der Waals surface area (Å²) in [5.41, 5.74) is 2.96. The number of aryl methyl sites for hydroxylation is 1. The number of aliphatic hydroxyl groups is 1. The lowest BCUT2D eigenvalue weighted by molar-refractivity contribution is -0.0807. The van der Waals surface area contributed by atoms with Gasteiger partial charge in [-0.25, -0.2) is 9.07 Å². The quantitative estimate of drug-likeness (QED) is 0.531. The van der Waals surface area contributed by atoms with Crippen LogP contribution in [-0.2, 0) is 9.47 Å². The van der Waals surface area contributed by atoms with Gasteiger partial charge < -0.3 is 24.2 Å². The van der Waals surface area contributed by atoms with Crippen molar-refractivity contribution >= 4 is 16.7 Å². The number of fused-ring (bicyclic) bond motifs is 1. The Bertz CT molecular complexity index is 1270. The summed E-state index contributed by atoms with van der Waals surface area (Å²) in [4.78, 5) is 13.4. The van der Waals surface area contributed by atoms with Gasteiger partial charge in [-0.1, -0.05) is 0 Å². The average molecular weight is 513 g/mol. The smallest absolute Gasteiger partial charge is 0.320 e. The van der Waals surface area contributed by atoms with Gasteiger partial charge in [0, 0.05) is 37.0 Å². The van der Waals surface area contributed by atoms with Gasteiger partial charge in [-0.05, 0) is 43.1 Å². The number of anilines is 1. The zero-order chi connectivity index (χ0) is 25.5. The number of likely N-dealkylation sites (tertiary alicyclic amines) is 1. The molecule has 11 heteroatoms. The van der Waals surface area contributed by atoms with E-state index in [1.54, 1.807) is 4.68 Å². The van der Waals surface area contributed by atoms with Crippen LogP contribution in [0, 0.1) is 6.92 Å². The second-order valence-corrected chi connectivity index (χ2v) is 10.1. The van der Waals surface area contributed by atoms with Gasteiger partial charge in [0.25, 0.3) is 0 Å². The number of ether oxygens (including phenoxy) is 3. The van der Waals surface area contributed by atoms with Gasteiger partial charge in [-0.3, -0.25) is 4.90 Å². The molecule has 3 atom stereocenters. The number of benzene rings is 1. The molecule has 3 aliphatic heterocycles. The summed E-state index contributed by atoms with van der Waals surface area (Å²) >= 11 is 0. The molecule has 0 saturated carbocycles. The predicted octanol–water partition coefficient (Wildman–Crippen LogP) is 1.86. The minimum Gasteiger partial charge on any atom is -0.467 e. The van der Waals surface area contributed by atoms with Crippen LogP contribution in [0.3, 0.4) is 0 Å². The number of piperidine rings is 1. The van der Waals surface area contributed by atoms with Crippen molar-refractivity contribution in [3.63, 3.8) is 0 Å². The number of aromatic nitrogens is 4. The number of morpholine rings is 1. The summed E-state index contributed by atoms with van der Waals surface area (Å²) < 4.78 is 33.6. The van der Waals surface area contributed by atoms with Crippen molar-refractivity contribution in [2.45, 2.75) is 37.6 Å². The molecule has 10 nitrogen and oxygen atoms in total. The van der Waals surface area contributed by atoms with E-state index in [4.69, 9.17) is 14.2 Å². The van der Waals surface area contributed by atoms with E-state index in [0.717, 1.165) is 35.0 Å². The number of nitrogens with zero attached hydrogens (tertiary/aromatic N) is 6. The molecular weight excluding hydrogens is 479 g/mol. The van der Waals surface area contributed by atoms with E-state index in [9.17, 15) is 5.11 Å². The van der Waals surface area contributed by atoms with Gasteiger partial charge in [0.15, 0.2) is 5.82 Å². The Hall–Kier alpha value is -2.86. The van der Waals surface area contributed by atoms with E-state index in [1.165, 1.54) is 7.11 Å². The Morgan fingerprint density at radius 3 is 2.70 bits per heavy atom. The maximum absolute atomic E-state index is 15.5. The molecule has 0 bridgehead atoms. The van der Waals surface area contributed by atoms with Crippen molar-refractivity contribution in [2.24, 2.45) is 0 Å². The van der Waals surface area contributed by atoms with Crippen molar-refractivity contribution < 1.29 is 23.7 Å². The average Bonchev–Trinajstić information content (AvgIpc) is 3.30. The lowest BCUT2D eigenvalue weighted by Crippen LogP contribution is -2.54. The van der Waals surface area contributed by atoms with Gasteiger partial charge >= 0.3 is 6.01 Å². The molecule has 1 N–H and O–H groups in total. The number of aliphatic hydroxyl groups excluding tert-OH is 1. The minimum absolute atomic E-state index is 0.0551. The number of hydrogen-bond donors (Lipinski definition) is 1. The molecule has 0 radical (unpaired) electrons. The molecule has 0 spiro atoms. The maximum Gasteiger partial charge on any atom is 0.320 e. The first kappa shape index (κ1) is 24.5. The van der Waals surface area contributed by atoms with Crippen LogP contribution in [0.1, 0.15) is 23.5 Å². The highest BCUT2D eigenvalue weighted by atomic mass is 19.1. The van der Waals surface area contributed by atoms with E-state index >= 15 is 4.39 Å². The number of hydrogen-bond acceptors (Lipinski definition) is 9. The first-order chi connectivity index (χ1) is 18.0.